The summed E-state index contributed by atoms with van der Waals surface area (Å²) < 4.78 is 31.2. The van der Waals surface area contributed by atoms with E-state index in [2.05, 4.69) is 25.2 Å². The van der Waals surface area contributed by atoms with Crippen LogP contribution in [0.1, 0.15) is 19.4 Å². The van der Waals surface area contributed by atoms with Crippen molar-refractivity contribution >= 4 is 40.0 Å². The lowest BCUT2D eigenvalue weighted by molar-refractivity contribution is -0.0201. The highest BCUT2D eigenvalue weighted by atomic mass is 127. The Labute approximate surface area is 196 Å². The second-order valence-electron chi connectivity index (χ2n) is 7.29. The summed E-state index contributed by atoms with van der Waals surface area (Å²) in [4.78, 5) is 6.94. The molecule has 9 nitrogen and oxygen atoms in total. The summed E-state index contributed by atoms with van der Waals surface area (Å²) in [6.45, 7) is 8.81. The van der Waals surface area contributed by atoms with Crippen LogP contribution in [0.25, 0.3) is 0 Å². The molecule has 11 heteroatoms. The zero-order valence-electron chi connectivity index (χ0n) is 17.8. The molecule has 0 amide bonds. The predicted molar refractivity (Wildman–Crippen MR) is 129 cm³/mol. The predicted octanol–water partition coefficient (Wildman–Crippen LogP) is 0.351. The molecule has 1 fully saturated rings. The number of morpholine rings is 1. The summed E-state index contributed by atoms with van der Waals surface area (Å²) in [5.41, 5.74) is -0.0196. The molecule has 0 aliphatic carbocycles. The number of aliphatic imine (C=N–C) groups is 1. The van der Waals surface area contributed by atoms with Crippen LogP contribution < -0.4 is 15.4 Å². The number of β-amino-alcohol motifs (C(OH)–C–C–N with tert-alkyl or cyclic N) is 1. The largest absolute Gasteiger partial charge is 0.387 e. The number of rotatable bonds is 9. The molecule has 1 saturated heterocycles. The highest BCUT2D eigenvalue weighted by molar-refractivity contribution is 14.0. The van der Waals surface area contributed by atoms with Crippen LogP contribution in [0.4, 0.5) is 0 Å². The summed E-state index contributed by atoms with van der Waals surface area (Å²) in [6, 6.07) is 6.60. The Morgan fingerprint density at radius 2 is 1.87 bits per heavy atom. The maximum Gasteiger partial charge on any atom is 0.240 e. The topological polar surface area (TPSA) is 115 Å². The summed E-state index contributed by atoms with van der Waals surface area (Å²) in [6.07, 6.45) is 0. The van der Waals surface area contributed by atoms with Gasteiger partial charge in [-0.2, -0.15) is 0 Å². The smallest absolute Gasteiger partial charge is 0.240 e. The Bertz CT molecular complexity index is 766. The third-order valence-electron chi connectivity index (χ3n) is 4.57. The van der Waals surface area contributed by atoms with Crippen LogP contribution in [0.15, 0.2) is 34.2 Å². The molecule has 1 aliphatic heterocycles. The minimum Gasteiger partial charge on any atom is -0.387 e. The van der Waals surface area contributed by atoms with Crippen LogP contribution >= 0.6 is 24.0 Å². The van der Waals surface area contributed by atoms with Gasteiger partial charge >= 0.3 is 0 Å². The van der Waals surface area contributed by atoms with Crippen LogP contribution in [0.5, 0.6) is 0 Å². The number of nitrogens with zero attached hydrogens (tertiary/aromatic N) is 2. The van der Waals surface area contributed by atoms with Gasteiger partial charge in [-0.25, -0.2) is 18.1 Å². The molecule has 0 bridgehead atoms. The normalized spacial score (nSPS) is 17.7. The molecule has 0 spiro atoms. The van der Waals surface area contributed by atoms with E-state index in [4.69, 9.17) is 4.74 Å². The average Bonchev–Trinajstić information content (AvgIpc) is 2.71. The average molecular weight is 555 g/mol. The number of ether oxygens (including phenoxy) is 1. The van der Waals surface area contributed by atoms with Crippen LogP contribution in [0.3, 0.4) is 0 Å². The number of nitrogens with one attached hydrogen (secondary N) is 3. The number of benzene rings is 1. The van der Waals surface area contributed by atoms with Gasteiger partial charge in [0.15, 0.2) is 5.96 Å². The first-order valence-electron chi connectivity index (χ1n) is 9.83. The molecular weight excluding hydrogens is 521 g/mol. The molecule has 0 radical (unpaired) electrons. The van der Waals surface area contributed by atoms with Gasteiger partial charge in [0.2, 0.25) is 10.0 Å². The molecule has 1 aromatic carbocycles. The van der Waals surface area contributed by atoms with Crippen molar-refractivity contribution in [1.29, 1.82) is 0 Å². The van der Waals surface area contributed by atoms with Gasteiger partial charge in [-0.15, -0.1) is 24.0 Å². The fourth-order valence-corrected chi connectivity index (χ4v) is 3.71. The fourth-order valence-electron chi connectivity index (χ4n) is 2.97. The lowest BCUT2D eigenvalue weighted by Gasteiger charge is -2.34. The van der Waals surface area contributed by atoms with Crippen molar-refractivity contribution in [3.8, 4) is 0 Å². The fraction of sp³-hybridized carbons (Fsp3) is 0.632. The van der Waals surface area contributed by atoms with Crippen molar-refractivity contribution in [2.24, 2.45) is 4.99 Å². The van der Waals surface area contributed by atoms with Gasteiger partial charge in [0.25, 0.3) is 0 Å². The number of hydrogen-bond donors (Lipinski definition) is 4. The number of guanidine groups is 1. The van der Waals surface area contributed by atoms with E-state index in [-0.39, 0.29) is 28.9 Å². The molecule has 1 aromatic rings. The molecule has 1 aliphatic rings. The summed E-state index contributed by atoms with van der Waals surface area (Å²) in [5, 5.41) is 17.1. The number of halogens is 1. The van der Waals surface area contributed by atoms with E-state index in [1.54, 1.807) is 31.2 Å². The van der Waals surface area contributed by atoms with Gasteiger partial charge in [0.05, 0.1) is 30.3 Å². The van der Waals surface area contributed by atoms with Crippen LogP contribution in [0.2, 0.25) is 0 Å². The first kappa shape index (κ1) is 27.0. The summed E-state index contributed by atoms with van der Waals surface area (Å²) in [7, 11) is -2.06. The second-order valence-corrected chi connectivity index (χ2v) is 9.17. The van der Waals surface area contributed by atoms with Gasteiger partial charge in [0, 0.05) is 32.7 Å². The zero-order valence-corrected chi connectivity index (χ0v) is 21.0. The van der Waals surface area contributed by atoms with Gasteiger partial charge in [-0.1, -0.05) is 12.1 Å². The Balaban J connectivity index is 0.00000450. The Kier molecular flexibility index (Phi) is 11.5. The van der Waals surface area contributed by atoms with Crippen LogP contribution in [0, 0.1) is 0 Å². The Hall–Kier alpha value is -0.990. The maximum absolute atomic E-state index is 11.8. The molecule has 1 unspecified atom stereocenters. The van der Waals surface area contributed by atoms with Gasteiger partial charge in [0.1, 0.15) is 0 Å². The van der Waals surface area contributed by atoms with E-state index in [0.29, 0.717) is 45.4 Å². The Morgan fingerprint density at radius 1 is 1.23 bits per heavy atom. The minimum atomic E-state index is -3.44. The first-order chi connectivity index (χ1) is 13.8. The molecule has 172 valence electrons. The molecule has 1 heterocycles. The van der Waals surface area contributed by atoms with Crippen molar-refractivity contribution in [2.75, 3.05) is 53.0 Å². The van der Waals surface area contributed by atoms with Crippen molar-refractivity contribution < 1.29 is 18.3 Å². The van der Waals surface area contributed by atoms with E-state index in [1.165, 1.54) is 7.05 Å². The number of sulfonamides is 1. The first-order valence-corrected chi connectivity index (χ1v) is 11.3. The molecule has 0 aromatic heterocycles. The third kappa shape index (κ3) is 9.02. The molecule has 4 N–H and O–H groups in total. The number of hydrogen-bond acceptors (Lipinski definition) is 6. The van der Waals surface area contributed by atoms with E-state index in [9.17, 15) is 13.5 Å². The summed E-state index contributed by atoms with van der Waals surface area (Å²) in [5.74, 6) is 0.599. The van der Waals surface area contributed by atoms with Crippen molar-refractivity contribution in [3.63, 3.8) is 0 Å². The summed E-state index contributed by atoms with van der Waals surface area (Å²) >= 11 is 0. The van der Waals surface area contributed by atoms with Gasteiger partial charge in [-0.3, -0.25) is 4.90 Å². The van der Waals surface area contributed by atoms with E-state index in [1.807, 2.05) is 6.92 Å². The third-order valence-corrected chi connectivity index (χ3v) is 6.00. The highest BCUT2D eigenvalue weighted by Gasteiger charge is 2.25. The number of aliphatic hydroxyl groups is 1. The van der Waals surface area contributed by atoms with Gasteiger partial charge in [-0.05, 0) is 38.6 Å². The van der Waals surface area contributed by atoms with Crippen molar-refractivity contribution in [3.05, 3.63) is 29.8 Å². The van der Waals surface area contributed by atoms with Gasteiger partial charge < -0.3 is 20.5 Å². The standard InChI is InChI=1S/C19H33N5O4S.HI/c1-4-21-18(23-14-19(2,25)15-24-9-11-28-12-10-24)22-13-16-5-7-17(8-6-16)29(26,27)20-3;/h5-8,20,25H,4,9-15H2,1-3H3,(H2,21,22,23);1H. The Morgan fingerprint density at radius 3 is 2.43 bits per heavy atom. The molecule has 30 heavy (non-hydrogen) atoms. The minimum absolute atomic E-state index is 0. The molecule has 1 atom stereocenters. The monoisotopic (exact) mass is 555 g/mol. The second kappa shape index (κ2) is 12.8. The van der Waals surface area contributed by atoms with Crippen LogP contribution in [-0.2, 0) is 21.3 Å². The maximum atomic E-state index is 11.8. The van der Waals surface area contributed by atoms with Crippen molar-refractivity contribution in [1.82, 2.24) is 20.3 Å². The van der Waals surface area contributed by atoms with E-state index < -0.39 is 15.6 Å². The molecule has 0 saturated carbocycles. The highest BCUT2D eigenvalue weighted by Crippen LogP contribution is 2.11. The molecule has 2 rings (SSSR count). The molecular formula is C19H34IN5O4S. The zero-order chi connectivity index (χ0) is 21.3. The van der Waals surface area contributed by atoms with Crippen LogP contribution in [-0.4, -0.2) is 83.0 Å². The lowest BCUT2D eigenvalue weighted by atomic mass is 10.1. The van der Waals surface area contributed by atoms with E-state index in [0.717, 1.165) is 18.7 Å². The lowest BCUT2D eigenvalue weighted by Crippen LogP contribution is -2.52. The SMILES string of the molecule is CCNC(=NCc1ccc(S(=O)(=O)NC)cc1)NCC(C)(O)CN1CCOCC1.I. The van der Waals surface area contributed by atoms with E-state index >= 15 is 0 Å². The van der Waals surface area contributed by atoms with Crippen molar-refractivity contribution in [2.45, 2.75) is 30.9 Å². The quantitative estimate of drug-likeness (QED) is 0.198.